The Labute approximate surface area is 113 Å². The third-order valence-electron chi connectivity index (χ3n) is 1.95. The van der Waals surface area contributed by atoms with E-state index in [-0.39, 0.29) is 6.01 Å². The Kier molecular flexibility index (Phi) is 4.05. The maximum absolute atomic E-state index is 5.97. The van der Waals surface area contributed by atoms with E-state index in [1.807, 2.05) is 0 Å². The summed E-state index contributed by atoms with van der Waals surface area (Å²) in [6.07, 6.45) is 3.18. The van der Waals surface area contributed by atoms with Gasteiger partial charge in [-0.2, -0.15) is 0 Å². The first-order valence-corrected chi connectivity index (χ1v) is 5.98. The molecule has 0 aliphatic rings. The van der Waals surface area contributed by atoms with Crippen LogP contribution in [0.1, 0.15) is 5.56 Å². The lowest BCUT2D eigenvalue weighted by molar-refractivity contribution is 0.441. The minimum atomic E-state index is 0.197. The molecule has 1 aromatic carbocycles. The van der Waals surface area contributed by atoms with Gasteiger partial charge in [-0.1, -0.05) is 29.3 Å². The summed E-state index contributed by atoms with van der Waals surface area (Å²) in [5.74, 6) is 0.774. The van der Waals surface area contributed by atoms with Crippen molar-refractivity contribution in [2.75, 3.05) is 0 Å². The van der Waals surface area contributed by atoms with Gasteiger partial charge in [-0.15, -0.1) is 11.6 Å². The highest BCUT2D eigenvalue weighted by atomic mass is 35.5. The van der Waals surface area contributed by atoms with Gasteiger partial charge in [0, 0.05) is 18.0 Å². The van der Waals surface area contributed by atoms with E-state index >= 15 is 0 Å². The van der Waals surface area contributed by atoms with Crippen LogP contribution >= 0.6 is 34.8 Å². The van der Waals surface area contributed by atoms with Gasteiger partial charge >= 0.3 is 6.01 Å². The summed E-state index contributed by atoms with van der Waals surface area (Å²) in [6, 6.07) is 5.29. The highest BCUT2D eigenvalue weighted by Crippen LogP contribution is 2.33. The van der Waals surface area contributed by atoms with E-state index in [1.54, 1.807) is 30.6 Å². The van der Waals surface area contributed by atoms with E-state index in [0.29, 0.717) is 21.7 Å². The van der Waals surface area contributed by atoms with Gasteiger partial charge < -0.3 is 4.74 Å². The Morgan fingerprint density at radius 2 is 1.82 bits per heavy atom. The minimum Gasteiger partial charge on any atom is -0.423 e. The Morgan fingerprint density at radius 1 is 1.12 bits per heavy atom. The van der Waals surface area contributed by atoms with Gasteiger partial charge in [-0.25, -0.2) is 9.97 Å². The summed E-state index contributed by atoms with van der Waals surface area (Å²) >= 11 is 17.5. The molecule has 0 bridgehead atoms. The molecule has 1 aromatic heterocycles. The zero-order valence-corrected chi connectivity index (χ0v) is 10.8. The number of hydrogen-bond donors (Lipinski definition) is 0. The van der Waals surface area contributed by atoms with Crippen molar-refractivity contribution >= 4 is 34.8 Å². The van der Waals surface area contributed by atoms with Crippen molar-refractivity contribution in [2.45, 2.75) is 5.88 Å². The number of rotatable bonds is 3. The fourth-order valence-electron chi connectivity index (χ4n) is 1.13. The van der Waals surface area contributed by atoms with E-state index in [0.717, 1.165) is 5.56 Å². The first-order valence-electron chi connectivity index (χ1n) is 4.69. The summed E-state index contributed by atoms with van der Waals surface area (Å²) in [5, 5.41) is 0.751. The van der Waals surface area contributed by atoms with E-state index in [1.165, 1.54) is 0 Å². The van der Waals surface area contributed by atoms with Crippen molar-refractivity contribution in [2.24, 2.45) is 0 Å². The normalized spacial score (nSPS) is 10.3. The van der Waals surface area contributed by atoms with Crippen LogP contribution in [0.25, 0.3) is 0 Å². The number of aromatic nitrogens is 2. The van der Waals surface area contributed by atoms with Crippen molar-refractivity contribution in [3.63, 3.8) is 0 Å². The number of nitrogens with zero attached hydrogens (tertiary/aromatic N) is 2. The summed E-state index contributed by atoms with van der Waals surface area (Å²) in [6.45, 7) is 0. The minimum absolute atomic E-state index is 0.197. The van der Waals surface area contributed by atoms with E-state index < -0.39 is 0 Å². The predicted octanol–water partition coefficient (Wildman–Crippen LogP) is 4.31. The molecule has 0 N–H and O–H groups in total. The van der Waals surface area contributed by atoms with Crippen LogP contribution in [0, 0.1) is 0 Å². The largest absolute Gasteiger partial charge is 0.423 e. The molecule has 0 saturated carbocycles. The van der Waals surface area contributed by atoms with Crippen molar-refractivity contribution in [1.29, 1.82) is 0 Å². The number of benzene rings is 1. The highest BCUT2D eigenvalue weighted by Gasteiger charge is 2.07. The van der Waals surface area contributed by atoms with Crippen LogP contribution in [0.2, 0.25) is 10.0 Å². The molecule has 0 radical (unpaired) electrons. The van der Waals surface area contributed by atoms with Gasteiger partial charge in [0.15, 0.2) is 5.75 Å². The lowest BCUT2D eigenvalue weighted by atomic mass is 10.3. The third kappa shape index (κ3) is 3.00. The molecular formula is C11H7Cl3N2O. The van der Waals surface area contributed by atoms with Crippen LogP contribution in [0.4, 0.5) is 0 Å². The second kappa shape index (κ2) is 5.54. The first kappa shape index (κ1) is 12.4. The van der Waals surface area contributed by atoms with Gasteiger partial charge in [0.1, 0.15) is 5.02 Å². The molecule has 0 atom stereocenters. The van der Waals surface area contributed by atoms with E-state index in [4.69, 9.17) is 39.5 Å². The fourth-order valence-corrected chi connectivity index (χ4v) is 1.59. The van der Waals surface area contributed by atoms with Gasteiger partial charge in [0.25, 0.3) is 0 Å². The highest BCUT2D eigenvalue weighted by molar-refractivity contribution is 6.42. The van der Waals surface area contributed by atoms with Crippen LogP contribution in [0.5, 0.6) is 11.8 Å². The van der Waals surface area contributed by atoms with Crippen molar-refractivity contribution in [3.8, 4) is 11.8 Å². The standard InChI is InChI=1S/C11H7Cl3N2O/c12-4-7-5-15-11(16-6-7)17-9-3-1-2-8(13)10(9)14/h1-3,5-6H,4H2. The Hall–Kier alpha value is -1.03. The maximum atomic E-state index is 5.97. The zero-order chi connectivity index (χ0) is 12.3. The summed E-state index contributed by atoms with van der Waals surface area (Å²) < 4.78 is 5.41. The molecule has 2 aromatic rings. The molecule has 17 heavy (non-hydrogen) atoms. The molecule has 0 aliphatic carbocycles. The molecular weight excluding hydrogens is 282 g/mol. The lowest BCUT2D eigenvalue weighted by Crippen LogP contribution is -1.93. The van der Waals surface area contributed by atoms with Crippen LogP contribution < -0.4 is 4.74 Å². The van der Waals surface area contributed by atoms with E-state index in [2.05, 4.69) is 9.97 Å². The molecule has 0 spiro atoms. The third-order valence-corrected chi connectivity index (χ3v) is 3.06. The van der Waals surface area contributed by atoms with Crippen LogP contribution in [-0.2, 0) is 5.88 Å². The van der Waals surface area contributed by atoms with E-state index in [9.17, 15) is 0 Å². The zero-order valence-electron chi connectivity index (χ0n) is 8.53. The number of halogens is 3. The molecule has 0 fully saturated rings. The Morgan fingerprint density at radius 3 is 2.47 bits per heavy atom. The first-order chi connectivity index (χ1) is 8.20. The molecule has 0 saturated heterocycles. The average Bonchev–Trinajstić information content (AvgIpc) is 2.36. The average molecular weight is 290 g/mol. The smallest absolute Gasteiger partial charge is 0.321 e. The van der Waals surface area contributed by atoms with Gasteiger partial charge in [-0.05, 0) is 12.1 Å². The molecule has 6 heteroatoms. The molecule has 0 unspecified atom stereocenters. The molecule has 3 nitrogen and oxygen atoms in total. The molecule has 1 heterocycles. The van der Waals surface area contributed by atoms with Crippen LogP contribution in [0.15, 0.2) is 30.6 Å². The van der Waals surface area contributed by atoms with Crippen LogP contribution in [-0.4, -0.2) is 9.97 Å². The van der Waals surface area contributed by atoms with Crippen LogP contribution in [0.3, 0.4) is 0 Å². The fraction of sp³-hybridized carbons (Fsp3) is 0.0909. The Balaban J connectivity index is 2.22. The quantitative estimate of drug-likeness (QED) is 0.790. The predicted molar refractivity (Wildman–Crippen MR) is 68.1 cm³/mol. The SMILES string of the molecule is ClCc1cnc(Oc2cccc(Cl)c2Cl)nc1. The second-order valence-electron chi connectivity index (χ2n) is 3.16. The monoisotopic (exact) mass is 288 g/mol. The Bertz CT molecular complexity index is 517. The topological polar surface area (TPSA) is 35.0 Å². The second-order valence-corrected chi connectivity index (χ2v) is 4.21. The summed E-state index contributed by atoms with van der Waals surface area (Å²) in [7, 11) is 0. The summed E-state index contributed by atoms with van der Waals surface area (Å²) in [4.78, 5) is 7.99. The molecule has 2 rings (SSSR count). The maximum Gasteiger partial charge on any atom is 0.321 e. The van der Waals surface area contributed by atoms with Crippen molar-refractivity contribution < 1.29 is 4.74 Å². The number of hydrogen-bond acceptors (Lipinski definition) is 3. The number of alkyl halides is 1. The molecule has 0 aliphatic heterocycles. The number of ether oxygens (including phenoxy) is 1. The van der Waals surface area contributed by atoms with Crippen molar-refractivity contribution in [1.82, 2.24) is 9.97 Å². The van der Waals surface area contributed by atoms with Crippen molar-refractivity contribution in [3.05, 3.63) is 46.2 Å². The summed E-state index contributed by atoms with van der Waals surface area (Å²) in [5.41, 5.74) is 0.816. The molecule has 88 valence electrons. The van der Waals surface area contributed by atoms with Gasteiger partial charge in [0.05, 0.1) is 10.9 Å². The van der Waals surface area contributed by atoms with Gasteiger partial charge in [-0.3, -0.25) is 0 Å². The molecule has 0 amide bonds. The van der Waals surface area contributed by atoms with Gasteiger partial charge in [0.2, 0.25) is 0 Å². The lowest BCUT2D eigenvalue weighted by Gasteiger charge is -2.06.